The molecule has 30 heavy (non-hydrogen) atoms. The van der Waals surface area contributed by atoms with Gasteiger partial charge in [0.1, 0.15) is 16.9 Å². The van der Waals surface area contributed by atoms with E-state index in [0.29, 0.717) is 32.1 Å². The molecular formula is C21H30N6O2S. The number of ether oxygens (including phenoxy) is 1. The van der Waals surface area contributed by atoms with E-state index in [1.54, 1.807) is 0 Å². The number of rotatable bonds is 6. The van der Waals surface area contributed by atoms with Gasteiger partial charge in [-0.1, -0.05) is 31.3 Å². The number of hydrogen-bond donors (Lipinski definition) is 1. The number of morpholine rings is 1. The fraction of sp³-hybridized carbons (Fsp3) is 0.619. The number of hydrogen-bond acceptors (Lipinski definition) is 8. The van der Waals surface area contributed by atoms with E-state index >= 15 is 0 Å². The second kappa shape index (κ2) is 9.80. The summed E-state index contributed by atoms with van der Waals surface area (Å²) in [5.74, 6) is 1.67. The van der Waals surface area contributed by atoms with Crippen molar-refractivity contribution in [3.05, 3.63) is 28.9 Å². The Hall–Kier alpha value is -2.10. The molecule has 4 rings (SSSR count). The zero-order valence-corrected chi connectivity index (χ0v) is 18.5. The molecule has 2 aromatic rings. The predicted molar refractivity (Wildman–Crippen MR) is 117 cm³/mol. The largest absolute Gasteiger partial charge is 0.368 e. The third-order valence-electron chi connectivity index (χ3n) is 5.76. The zero-order chi connectivity index (χ0) is 20.9. The van der Waals surface area contributed by atoms with Gasteiger partial charge in [-0.05, 0) is 50.4 Å². The lowest BCUT2D eigenvalue weighted by molar-refractivity contribution is -0.140. The van der Waals surface area contributed by atoms with Crippen molar-refractivity contribution in [3.8, 4) is 0 Å². The fourth-order valence-electron chi connectivity index (χ4n) is 3.82. The summed E-state index contributed by atoms with van der Waals surface area (Å²) in [6.45, 7) is 8.59. The Morgan fingerprint density at radius 3 is 2.87 bits per heavy atom. The molecule has 2 aromatic heterocycles. The SMILES string of the molecule is CCc1nnc(Nc2cccc([C@H]3CN(C(=O)CN4CCC(C)CC4)CCO3)n2)s1. The number of anilines is 2. The molecule has 0 saturated carbocycles. The Morgan fingerprint density at radius 2 is 2.10 bits per heavy atom. The zero-order valence-electron chi connectivity index (χ0n) is 17.7. The van der Waals surface area contributed by atoms with Gasteiger partial charge in [-0.2, -0.15) is 0 Å². The highest BCUT2D eigenvalue weighted by Crippen LogP contribution is 2.25. The highest BCUT2D eigenvalue weighted by molar-refractivity contribution is 7.15. The van der Waals surface area contributed by atoms with E-state index in [1.165, 1.54) is 24.2 Å². The molecule has 2 aliphatic heterocycles. The second-order valence-electron chi connectivity index (χ2n) is 8.09. The Balaban J connectivity index is 1.36. The summed E-state index contributed by atoms with van der Waals surface area (Å²) in [4.78, 5) is 21.7. The predicted octanol–water partition coefficient (Wildman–Crippen LogP) is 2.87. The topological polar surface area (TPSA) is 83.5 Å². The van der Waals surface area contributed by atoms with Gasteiger partial charge in [0.25, 0.3) is 0 Å². The van der Waals surface area contributed by atoms with Gasteiger partial charge in [0.2, 0.25) is 11.0 Å². The monoisotopic (exact) mass is 430 g/mol. The van der Waals surface area contributed by atoms with Crippen LogP contribution in [-0.2, 0) is 16.0 Å². The van der Waals surface area contributed by atoms with Gasteiger partial charge in [-0.3, -0.25) is 9.69 Å². The van der Waals surface area contributed by atoms with Gasteiger partial charge >= 0.3 is 0 Å². The maximum atomic E-state index is 12.8. The first-order chi connectivity index (χ1) is 14.6. The third-order valence-corrected chi connectivity index (χ3v) is 6.74. The molecule has 0 radical (unpaired) electrons. The number of aromatic nitrogens is 3. The van der Waals surface area contributed by atoms with Crippen molar-refractivity contribution in [1.29, 1.82) is 0 Å². The van der Waals surface area contributed by atoms with Crippen LogP contribution in [0.4, 0.5) is 10.9 Å². The highest BCUT2D eigenvalue weighted by Gasteiger charge is 2.28. The molecule has 2 aliphatic rings. The maximum absolute atomic E-state index is 12.8. The molecule has 2 fully saturated rings. The molecule has 1 N–H and O–H groups in total. The number of likely N-dealkylation sites (tertiary alicyclic amines) is 1. The van der Waals surface area contributed by atoms with E-state index in [4.69, 9.17) is 9.72 Å². The van der Waals surface area contributed by atoms with Crippen molar-refractivity contribution in [2.45, 2.75) is 39.2 Å². The van der Waals surface area contributed by atoms with Crippen LogP contribution in [0.1, 0.15) is 43.5 Å². The molecule has 0 spiro atoms. The molecule has 4 heterocycles. The molecule has 162 valence electrons. The molecule has 2 saturated heterocycles. The lowest BCUT2D eigenvalue weighted by atomic mass is 9.99. The van der Waals surface area contributed by atoms with Crippen molar-refractivity contribution in [1.82, 2.24) is 25.0 Å². The summed E-state index contributed by atoms with van der Waals surface area (Å²) in [5, 5.41) is 13.2. The Morgan fingerprint density at radius 1 is 1.27 bits per heavy atom. The normalized spacial score (nSPS) is 21.0. The van der Waals surface area contributed by atoms with Gasteiger partial charge in [0.05, 0.1) is 25.4 Å². The van der Waals surface area contributed by atoms with Crippen LogP contribution >= 0.6 is 11.3 Å². The summed E-state index contributed by atoms with van der Waals surface area (Å²) >= 11 is 1.53. The summed E-state index contributed by atoms with van der Waals surface area (Å²) in [5.41, 5.74) is 0.824. The molecule has 0 aromatic carbocycles. The van der Waals surface area contributed by atoms with Crippen molar-refractivity contribution >= 4 is 28.2 Å². The number of carbonyl (C=O) groups is 1. The fourth-order valence-corrected chi connectivity index (χ4v) is 4.51. The minimum Gasteiger partial charge on any atom is -0.368 e. The van der Waals surface area contributed by atoms with Crippen LogP contribution in [0.15, 0.2) is 18.2 Å². The first-order valence-electron chi connectivity index (χ1n) is 10.8. The summed E-state index contributed by atoms with van der Waals surface area (Å²) in [7, 11) is 0. The number of carbonyl (C=O) groups excluding carboxylic acids is 1. The molecule has 0 aliphatic carbocycles. The molecular weight excluding hydrogens is 400 g/mol. The molecule has 0 unspecified atom stereocenters. The average molecular weight is 431 g/mol. The van der Waals surface area contributed by atoms with E-state index < -0.39 is 0 Å². The number of amides is 1. The van der Waals surface area contributed by atoms with E-state index in [9.17, 15) is 4.79 Å². The van der Waals surface area contributed by atoms with Crippen LogP contribution in [0.25, 0.3) is 0 Å². The van der Waals surface area contributed by atoms with E-state index in [2.05, 4.69) is 34.3 Å². The molecule has 9 heteroatoms. The Kier molecular flexibility index (Phi) is 6.91. The Bertz CT molecular complexity index is 852. The number of nitrogens with one attached hydrogen (secondary N) is 1. The van der Waals surface area contributed by atoms with Gasteiger partial charge in [-0.25, -0.2) is 4.98 Å². The lowest BCUT2D eigenvalue weighted by Gasteiger charge is -2.35. The third kappa shape index (κ3) is 5.33. The van der Waals surface area contributed by atoms with Crippen LogP contribution in [0.5, 0.6) is 0 Å². The van der Waals surface area contributed by atoms with Crippen LogP contribution in [-0.4, -0.2) is 70.2 Å². The molecule has 8 nitrogen and oxygen atoms in total. The van der Waals surface area contributed by atoms with Crippen molar-refractivity contribution in [2.24, 2.45) is 5.92 Å². The van der Waals surface area contributed by atoms with E-state index in [0.717, 1.165) is 41.3 Å². The first-order valence-corrected chi connectivity index (χ1v) is 11.6. The summed E-state index contributed by atoms with van der Waals surface area (Å²) in [6, 6.07) is 5.80. The van der Waals surface area contributed by atoms with Crippen LogP contribution in [0, 0.1) is 5.92 Å². The number of piperidine rings is 1. The number of aryl methyl sites for hydroxylation is 1. The first kappa shape index (κ1) is 21.1. The van der Waals surface area contributed by atoms with E-state index in [-0.39, 0.29) is 12.0 Å². The van der Waals surface area contributed by atoms with Crippen molar-refractivity contribution in [2.75, 3.05) is 44.6 Å². The second-order valence-corrected chi connectivity index (χ2v) is 9.15. The summed E-state index contributed by atoms with van der Waals surface area (Å²) < 4.78 is 5.95. The van der Waals surface area contributed by atoms with Gasteiger partial charge in [0.15, 0.2) is 0 Å². The minimum absolute atomic E-state index is 0.188. The number of pyridine rings is 1. The van der Waals surface area contributed by atoms with Crippen molar-refractivity contribution < 1.29 is 9.53 Å². The van der Waals surface area contributed by atoms with Gasteiger partial charge in [-0.15, -0.1) is 10.2 Å². The summed E-state index contributed by atoms with van der Waals surface area (Å²) in [6.07, 6.45) is 3.00. The van der Waals surface area contributed by atoms with Crippen LogP contribution in [0.2, 0.25) is 0 Å². The minimum atomic E-state index is -0.216. The molecule has 1 amide bonds. The van der Waals surface area contributed by atoms with Gasteiger partial charge < -0.3 is 15.0 Å². The number of nitrogens with zero attached hydrogens (tertiary/aromatic N) is 5. The lowest BCUT2D eigenvalue weighted by Crippen LogP contribution is -2.48. The van der Waals surface area contributed by atoms with Crippen LogP contribution in [0.3, 0.4) is 0 Å². The van der Waals surface area contributed by atoms with Crippen LogP contribution < -0.4 is 5.32 Å². The van der Waals surface area contributed by atoms with Gasteiger partial charge in [0, 0.05) is 6.54 Å². The maximum Gasteiger partial charge on any atom is 0.236 e. The average Bonchev–Trinajstić information content (AvgIpc) is 3.23. The molecule has 0 bridgehead atoms. The van der Waals surface area contributed by atoms with E-state index in [1.807, 2.05) is 23.1 Å². The van der Waals surface area contributed by atoms with Crippen molar-refractivity contribution in [3.63, 3.8) is 0 Å². The Labute approximate surface area is 181 Å². The highest BCUT2D eigenvalue weighted by atomic mass is 32.1. The quantitative estimate of drug-likeness (QED) is 0.754. The standard InChI is InChI=1S/C21H30N6O2S/c1-3-19-24-25-21(30-19)23-18-6-4-5-16(22-18)17-13-27(11-12-29-17)20(28)14-26-9-7-15(2)8-10-26/h4-6,15,17H,3,7-14H2,1-2H3,(H,22,23,25)/t17-/m1/s1. The smallest absolute Gasteiger partial charge is 0.236 e. The molecule has 1 atom stereocenters.